The number of H-pyrrole nitrogens is 3. The number of thiol groups is 1. The van der Waals surface area contributed by atoms with E-state index in [1.807, 2.05) is 98.3 Å². The second-order valence-electron chi connectivity index (χ2n) is 19.9. The Kier molecular flexibility index (Phi) is 24.4. The summed E-state index contributed by atoms with van der Waals surface area (Å²) < 4.78 is 0. The summed E-state index contributed by atoms with van der Waals surface area (Å²) in [7, 11) is 1.48. The highest BCUT2D eigenvalue weighted by atomic mass is 32.1. The van der Waals surface area contributed by atoms with E-state index in [2.05, 4.69) is 43.2 Å². The number of aliphatic carboxylic acids is 1. The number of carbonyl (C=O) groups excluding carboxylic acids is 6. The molecular formula is C57H78N14O9S. The number of carbonyl (C=O) groups is 7. The fraction of sp³-hybridized carbons (Fsp3) is 0.439. The molecule has 3 aromatic carbocycles. The van der Waals surface area contributed by atoms with Gasteiger partial charge in [0.15, 0.2) is 5.96 Å². The zero-order valence-corrected chi connectivity index (χ0v) is 47.2. The first-order valence-corrected chi connectivity index (χ1v) is 28.0. The number of hydrogen-bond donors (Lipinski definition) is 10. The van der Waals surface area contributed by atoms with Crippen LogP contribution in [-0.4, -0.2) is 219 Å². The lowest BCUT2D eigenvalue weighted by molar-refractivity contribution is -0.146. The summed E-state index contributed by atoms with van der Waals surface area (Å²) in [4.78, 5) is 118. The molecule has 0 bridgehead atoms. The molecule has 6 amide bonds. The number of rotatable bonds is 35. The number of aliphatic hydroxyl groups is 1. The number of para-hydroxylation sites is 3. The molecule has 81 heavy (non-hydrogen) atoms. The van der Waals surface area contributed by atoms with Gasteiger partial charge in [0, 0.05) is 116 Å². The van der Waals surface area contributed by atoms with E-state index in [1.54, 1.807) is 4.90 Å². The molecule has 0 spiro atoms. The molecular weight excluding hydrogens is 1060 g/mol. The van der Waals surface area contributed by atoms with Crippen LogP contribution in [0.2, 0.25) is 0 Å². The van der Waals surface area contributed by atoms with Crippen LogP contribution >= 0.6 is 12.6 Å². The molecule has 0 radical (unpaired) electrons. The maximum atomic E-state index is 14.5. The minimum atomic E-state index is -1.41. The number of carboxylic acid groups (broad SMARTS) is 1. The summed E-state index contributed by atoms with van der Waals surface area (Å²) in [5.74, 6) is -3.56. The van der Waals surface area contributed by atoms with Gasteiger partial charge in [-0.25, -0.2) is 0 Å². The molecule has 436 valence electrons. The number of fused-ring (bicyclic) bond motifs is 3. The van der Waals surface area contributed by atoms with Crippen LogP contribution in [0.25, 0.3) is 32.7 Å². The van der Waals surface area contributed by atoms with E-state index >= 15 is 0 Å². The number of amides is 6. The van der Waals surface area contributed by atoms with E-state index in [4.69, 9.17) is 16.6 Å². The second kappa shape index (κ2) is 31.8. The number of nitrogens with one attached hydrogen (secondary N) is 5. The quantitative estimate of drug-likeness (QED) is 0.00893. The van der Waals surface area contributed by atoms with Gasteiger partial charge in [-0.15, -0.1) is 0 Å². The predicted molar refractivity (Wildman–Crippen MR) is 315 cm³/mol. The van der Waals surface area contributed by atoms with Gasteiger partial charge >= 0.3 is 5.97 Å². The van der Waals surface area contributed by atoms with Gasteiger partial charge < -0.3 is 71.8 Å². The Labute approximate surface area is 476 Å². The Morgan fingerprint density at radius 2 is 1.09 bits per heavy atom. The first-order valence-electron chi connectivity index (χ1n) is 27.3. The summed E-state index contributed by atoms with van der Waals surface area (Å²) in [5, 5.41) is 29.8. The number of likely N-dealkylation sites (N-methyl/N-ethyl adjacent to an activating group) is 1. The number of aromatic nitrogens is 3. The number of benzene rings is 3. The smallest absolute Gasteiger partial charge is 0.304 e. The van der Waals surface area contributed by atoms with Crippen molar-refractivity contribution in [3.63, 3.8) is 0 Å². The number of aliphatic imine (C=N–C) groups is 1. The third-order valence-electron chi connectivity index (χ3n) is 13.9. The van der Waals surface area contributed by atoms with Gasteiger partial charge in [-0.2, -0.15) is 12.6 Å². The number of guanidine groups is 1. The van der Waals surface area contributed by atoms with Crippen molar-refractivity contribution in [2.45, 2.75) is 51.7 Å². The van der Waals surface area contributed by atoms with Gasteiger partial charge in [-0.3, -0.25) is 43.5 Å². The lowest BCUT2D eigenvalue weighted by Gasteiger charge is -2.34. The van der Waals surface area contributed by atoms with E-state index in [-0.39, 0.29) is 103 Å². The molecule has 11 N–H and O–H groups in total. The molecule has 1 unspecified atom stereocenters. The lowest BCUT2D eigenvalue weighted by Crippen LogP contribution is -2.53. The van der Waals surface area contributed by atoms with Gasteiger partial charge in [0.1, 0.15) is 6.23 Å². The van der Waals surface area contributed by atoms with Gasteiger partial charge in [0.2, 0.25) is 35.4 Å². The Bertz CT molecular complexity index is 3080. The Morgan fingerprint density at radius 1 is 0.617 bits per heavy atom. The number of hydrogen-bond acceptors (Lipinski definition) is 12. The van der Waals surface area contributed by atoms with Crippen LogP contribution < -0.4 is 22.1 Å². The third kappa shape index (κ3) is 19.1. The molecule has 24 heteroatoms. The van der Waals surface area contributed by atoms with Crippen molar-refractivity contribution in [2.75, 3.05) is 111 Å². The largest absolute Gasteiger partial charge is 0.481 e. The molecule has 3 aromatic heterocycles. The van der Waals surface area contributed by atoms with Gasteiger partial charge in [-0.1, -0.05) is 61.5 Å². The maximum absolute atomic E-state index is 14.5. The van der Waals surface area contributed by atoms with E-state index < -0.39 is 54.8 Å². The van der Waals surface area contributed by atoms with Crippen molar-refractivity contribution in [1.29, 1.82) is 0 Å². The normalized spacial score (nSPS) is 11.7. The molecule has 1 atom stereocenters. The van der Waals surface area contributed by atoms with Crippen molar-refractivity contribution in [3.05, 3.63) is 108 Å². The molecule has 0 aliphatic rings. The minimum Gasteiger partial charge on any atom is -0.481 e. The van der Waals surface area contributed by atoms with Crippen molar-refractivity contribution in [1.82, 2.24) is 55.0 Å². The molecule has 3 heterocycles. The highest BCUT2D eigenvalue weighted by Crippen LogP contribution is 2.22. The zero-order chi connectivity index (χ0) is 58.3. The van der Waals surface area contributed by atoms with E-state index in [0.717, 1.165) is 49.4 Å². The number of carboxylic acids is 1. The fourth-order valence-corrected chi connectivity index (χ4v) is 9.62. The first kappa shape index (κ1) is 62.3. The van der Waals surface area contributed by atoms with E-state index in [1.165, 1.54) is 31.5 Å². The van der Waals surface area contributed by atoms with Crippen LogP contribution in [0.15, 0.2) is 96.4 Å². The van der Waals surface area contributed by atoms with Crippen molar-refractivity contribution < 1.29 is 43.8 Å². The second-order valence-corrected chi connectivity index (χ2v) is 20.3. The average Bonchev–Trinajstić information content (AvgIpc) is 4.23. The van der Waals surface area contributed by atoms with Gasteiger partial charge in [0.25, 0.3) is 0 Å². The SMILES string of the molecule is CCCN(CC(=O)N(CCc1c[nH]c2ccccc12)CC(=O)NCCS)C(=O)CN(CCc1c[nH]c2ccccc12)C(O)CN(C)C(=O)CN(CCCN=C(N)N)C(=O)CN(CCc1c[nH]c2ccccc12)C(=O)CNCCC(=O)O. The number of aromatic amines is 3. The van der Waals surface area contributed by atoms with Gasteiger partial charge in [0.05, 0.1) is 52.2 Å². The van der Waals surface area contributed by atoms with E-state index in [0.29, 0.717) is 38.0 Å². The minimum absolute atomic E-state index is 0.0249. The average molecular weight is 1140 g/mol. The molecule has 6 aromatic rings. The highest BCUT2D eigenvalue weighted by molar-refractivity contribution is 7.80. The Balaban J connectivity index is 1.18. The van der Waals surface area contributed by atoms with Crippen molar-refractivity contribution >= 4 is 92.7 Å². The van der Waals surface area contributed by atoms with Crippen LogP contribution in [0.5, 0.6) is 0 Å². The Hall–Kier alpha value is -7.93. The molecule has 0 aliphatic heterocycles. The standard InChI is InChI=1S/C57H78N14O9S/c1-3-24-67(37-55(78)69(34-49(72)61-23-29-81)26-18-40-30-63-46-14-7-4-11-43(40)46)53(76)39-71(28-20-42-32-65-48-16-9-6-13-45(42)48)52(75)35-66(2)51(74)36-68(25-10-21-62-57(58)59)54(77)38-70(50(73)33-60-22-17-56(79)80)27-19-41-31-64-47-15-8-5-12-44(41)47/h4-9,11-16,30-32,52,60,63-65,75,81H,3,10,17-29,33-39H2,1-2H3,(H,61,72)(H,79,80)(H4,58,59,62). The summed E-state index contributed by atoms with van der Waals surface area (Å²) in [6, 6.07) is 23.2. The zero-order valence-electron chi connectivity index (χ0n) is 46.3. The topological polar surface area (TPSA) is 315 Å². The van der Waals surface area contributed by atoms with Crippen LogP contribution in [0.1, 0.15) is 42.9 Å². The molecule has 23 nitrogen and oxygen atoms in total. The van der Waals surface area contributed by atoms with Crippen LogP contribution in [0.3, 0.4) is 0 Å². The molecule has 0 aliphatic carbocycles. The lowest BCUT2D eigenvalue weighted by atomic mass is 10.1. The summed E-state index contributed by atoms with van der Waals surface area (Å²) in [5.41, 5.74) is 16.8. The monoisotopic (exact) mass is 1130 g/mol. The highest BCUT2D eigenvalue weighted by Gasteiger charge is 2.30. The molecule has 0 saturated carbocycles. The first-order chi connectivity index (χ1) is 39.0. The summed E-state index contributed by atoms with van der Waals surface area (Å²) in [6.45, 7) is 0.826. The number of aliphatic hydroxyl groups excluding tert-OH is 1. The molecule has 0 saturated heterocycles. The van der Waals surface area contributed by atoms with Crippen molar-refractivity contribution in [3.8, 4) is 0 Å². The van der Waals surface area contributed by atoms with E-state index in [9.17, 15) is 38.7 Å². The summed E-state index contributed by atoms with van der Waals surface area (Å²) >= 11 is 4.21. The maximum Gasteiger partial charge on any atom is 0.304 e. The summed E-state index contributed by atoms with van der Waals surface area (Å²) in [6.07, 6.45) is 5.98. The number of nitrogens with two attached hydrogens (primary N) is 2. The van der Waals surface area contributed by atoms with Gasteiger partial charge in [-0.05, 0) is 67.0 Å². The number of nitrogens with zero attached hydrogens (tertiary/aromatic N) is 7. The van der Waals surface area contributed by atoms with Crippen LogP contribution in [-0.2, 0) is 52.8 Å². The van der Waals surface area contributed by atoms with Crippen LogP contribution in [0, 0.1) is 0 Å². The fourth-order valence-electron chi connectivity index (χ4n) is 9.50. The third-order valence-corrected chi connectivity index (χ3v) is 14.2. The van der Waals surface area contributed by atoms with Crippen molar-refractivity contribution in [2.24, 2.45) is 16.5 Å². The van der Waals surface area contributed by atoms with Crippen LogP contribution in [0.4, 0.5) is 0 Å². The molecule has 0 fully saturated rings. The predicted octanol–water partition coefficient (Wildman–Crippen LogP) is 1.74. The molecule has 6 rings (SSSR count). The Morgan fingerprint density at radius 3 is 1.59 bits per heavy atom.